The van der Waals surface area contributed by atoms with E-state index in [4.69, 9.17) is 28.9 Å². The van der Waals surface area contributed by atoms with Gasteiger partial charge in [-0.2, -0.15) is 0 Å². The lowest BCUT2D eigenvalue weighted by Gasteiger charge is -2.23. The van der Waals surface area contributed by atoms with Crippen molar-refractivity contribution in [2.24, 2.45) is 5.73 Å². The molecular weight excluding hydrogens is 291 g/mol. The lowest BCUT2D eigenvalue weighted by atomic mass is 10.1. The summed E-state index contributed by atoms with van der Waals surface area (Å²) in [5.74, 6) is 1.25. The number of hydrogen-bond acceptors (Lipinski definition) is 2. The van der Waals surface area contributed by atoms with Crippen molar-refractivity contribution in [3.63, 3.8) is 0 Å². The van der Waals surface area contributed by atoms with Crippen LogP contribution in [-0.2, 0) is 6.42 Å². The van der Waals surface area contributed by atoms with Crippen LogP contribution in [0.4, 0.5) is 5.69 Å². The number of nitrogens with two attached hydrogens (primary N) is 1. The number of unbranched alkanes of at least 4 members (excludes halogenated alkanes) is 3. The average molecular weight is 317 g/mol. The van der Waals surface area contributed by atoms with Gasteiger partial charge in [-0.15, -0.1) is 23.2 Å². The molecule has 1 aromatic carbocycles. The van der Waals surface area contributed by atoms with Gasteiger partial charge in [0.05, 0.1) is 0 Å². The van der Waals surface area contributed by atoms with Gasteiger partial charge in [-0.3, -0.25) is 0 Å². The van der Waals surface area contributed by atoms with Crippen molar-refractivity contribution < 1.29 is 0 Å². The Balaban J connectivity index is 2.41. The molecule has 0 fully saturated rings. The Morgan fingerprint density at radius 1 is 0.850 bits per heavy atom. The first-order valence-electron chi connectivity index (χ1n) is 7.47. The number of hydrogen-bond donors (Lipinski definition) is 1. The number of halogens is 2. The van der Waals surface area contributed by atoms with Gasteiger partial charge in [0.15, 0.2) is 0 Å². The fourth-order valence-corrected chi connectivity index (χ4v) is 2.68. The summed E-state index contributed by atoms with van der Waals surface area (Å²) in [6.07, 6.45) is 6.05. The van der Waals surface area contributed by atoms with Gasteiger partial charge in [0, 0.05) is 30.5 Å². The Kier molecular flexibility index (Phi) is 9.90. The Hall–Kier alpha value is -0.440. The molecule has 0 aliphatic carbocycles. The molecule has 4 heteroatoms. The summed E-state index contributed by atoms with van der Waals surface area (Å²) in [7, 11) is 0. The first kappa shape index (κ1) is 17.6. The van der Waals surface area contributed by atoms with E-state index in [1.165, 1.54) is 30.5 Å². The minimum atomic E-state index is 0.625. The van der Waals surface area contributed by atoms with Crippen molar-refractivity contribution in [1.29, 1.82) is 0 Å². The van der Waals surface area contributed by atoms with Crippen LogP contribution in [0.1, 0.15) is 31.2 Å². The van der Waals surface area contributed by atoms with Gasteiger partial charge in [0.25, 0.3) is 0 Å². The van der Waals surface area contributed by atoms with E-state index in [9.17, 15) is 0 Å². The van der Waals surface area contributed by atoms with Crippen molar-refractivity contribution in [2.75, 3.05) is 36.3 Å². The summed E-state index contributed by atoms with van der Waals surface area (Å²) in [5, 5.41) is 0. The predicted molar refractivity (Wildman–Crippen MR) is 91.3 cm³/mol. The number of nitrogens with zero attached hydrogens (tertiary/aromatic N) is 1. The molecule has 20 heavy (non-hydrogen) atoms. The van der Waals surface area contributed by atoms with Gasteiger partial charge in [0.2, 0.25) is 0 Å². The molecule has 0 aliphatic rings. The molecule has 0 heterocycles. The quantitative estimate of drug-likeness (QED) is 0.493. The van der Waals surface area contributed by atoms with E-state index >= 15 is 0 Å². The van der Waals surface area contributed by atoms with Crippen LogP contribution >= 0.6 is 23.2 Å². The van der Waals surface area contributed by atoms with Gasteiger partial charge in [-0.05, 0) is 43.5 Å². The van der Waals surface area contributed by atoms with Crippen LogP contribution in [0.3, 0.4) is 0 Å². The molecule has 0 saturated carbocycles. The van der Waals surface area contributed by atoms with Crippen molar-refractivity contribution in [1.82, 2.24) is 0 Å². The fourth-order valence-electron chi connectivity index (χ4n) is 2.27. The molecule has 0 bridgehead atoms. The minimum absolute atomic E-state index is 0.625. The highest BCUT2D eigenvalue weighted by Gasteiger charge is 2.05. The van der Waals surface area contributed by atoms with Crippen LogP contribution in [0.15, 0.2) is 24.3 Å². The molecule has 0 aromatic heterocycles. The van der Waals surface area contributed by atoms with Crippen LogP contribution in [-0.4, -0.2) is 31.4 Å². The SMILES string of the molecule is NCCCCCCc1ccc(N(CCCl)CCCl)cc1. The van der Waals surface area contributed by atoms with Gasteiger partial charge in [-0.1, -0.05) is 25.0 Å². The molecular formula is C16H26Cl2N2. The first-order valence-corrected chi connectivity index (χ1v) is 8.54. The standard InChI is InChI=1S/C16H26Cl2N2/c17-10-13-20(14-11-18)16-8-6-15(7-9-16)5-3-1-2-4-12-19/h6-9H,1-5,10-14,19H2. The summed E-state index contributed by atoms with van der Waals surface area (Å²) in [6, 6.07) is 8.78. The van der Waals surface area contributed by atoms with Crippen LogP contribution in [0.2, 0.25) is 0 Å². The number of benzene rings is 1. The zero-order valence-electron chi connectivity index (χ0n) is 12.2. The number of rotatable bonds is 11. The minimum Gasteiger partial charge on any atom is -0.369 e. The lowest BCUT2D eigenvalue weighted by Crippen LogP contribution is -2.27. The molecule has 0 amide bonds. The summed E-state index contributed by atoms with van der Waals surface area (Å²) >= 11 is 11.7. The molecule has 0 aliphatic heterocycles. The lowest BCUT2D eigenvalue weighted by molar-refractivity contribution is 0.646. The smallest absolute Gasteiger partial charge is 0.0399 e. The fraction of sp³-hybridized carbons (Fsp3) is 0.625. The predicted octanol–water partition coefficient (Wildman–Crippen LogP) is 4.03. The zero-order valence-corrected chi connectivity index (χ0v) is 13.7. The van der Waals surface area contributed by atoms with E-state index in [0.717, 1.165) is 32.5 Å². The van der Waals surface area contributed by atoms with E-state index in [0.29, 0.717) is 11.8 Å². The highest BCUT2D eigenvalue weighted by atomic mass is 35.5. The van der Waals surface area contributed by atoms with E-state index in [1.54, 1.807) is 0 Å². The molecule has 0 atom stereocenters. The summed E-state index contributed by atoms with van der Waals surface area (Å²) < 4.78 is 0. The summed E-state index contributed by atoms with van der Waals surface area (Å²) in [4.78, 5) is 2.23. The Bertz CT molecular complexity index is 335. The van der Waals surface area contributed by atoms with E-state index in [-0.39, 0.29) is 0 Å². The third kappa shape index (κ3) is 6.83. The van der Waals surface area contributed by atoms with Crippen LogP contribution in [0, 0.1) is 0 Å². The maximum atomic E-state index is 5.83. The second-order valence-electron chi connectivity index (χ2n) is 4.98. The van der Waals surface area contributed by atoms with E-state index in [1.807, 2.05) is 0 Å². The van der Waals surface area contributed by atoms with E-state index < -0.39 is 0 Å². The summed E-state index contributed by atoms with van der Waals surface area (Å²) in [5.41, 5.74) is 8.10. The highest BCUT2D eigenvalue weighted by Crippen LogP contribution is 2.17. The second-order valence-corrected chi connectivity index (χ2v) is 5.74. The van der Waals surface area contributed by atoms with Crippen LogP contribution in [0.5, 0.6) is 0 Å². The maximum Gasteiger partial charge on any atom is 0.0399 e. The van der Waals surface area contributed by atoms with Crippen molar-refractivity contribution in [3.8, 4) is 0 Å². The molecule has 2 N–H and O–H groups in total. The van der Waals surface area contributed by atoms with Crippen molar-refractivity contribution >= 4 is 28.9 Å². The van der Waals surface area contributed by atoms with Crippen molar-refractivity contribution in [2.45, 2.75) is 32.1 Å². The highest BCUT2D eigenvalue weighted by molar-refractivity contribution is 6.18. The first-order chi connectivity index (χ1) is 9.81. The molecule has 2 nitrogen and oxygen atoms in total. The van der Waals surface area contributed by atoms with Crippen molar-refractivity contribution in [3.05, 3.63) is 29.8 Å². The maximum absolute atomic E-state index is 5.83. The molecule has 1 rings (SSSR count). The molecule has 0 radical (unpaired) electrons. The zero-order chi connectivity index (χ0) is 14.6. The molecule has 114 valence electrons. The van der Waals surface area contributed by atoms with Gasteiger partial charge < -0.3 is 10.6 Å². The number of aryl methyl sites for hydroxylation is 1. The van der Waals surface area contributed by atoms with Gasteiger partial charge in [-0.25, -0.2) is 0 Å². The van der Waals surface area contributed by atoms with Crippen LogP contribution in [0.25, 0.3) is 0 Å². The topological polar surface area (TPSA) is 29.3 Å². The normalized spacial score (nSPS) is 10.8. The number of anilines is 1. The molecule has 0 spiro atoms. The van der Waals surface area contributed by atoms with E-state index in [2.05, 4.69) is 29.2 Å². The van der Waals surface area contributed by atoms with Gasteiger partial charge >= 0.3 is 0 Å². The average Bonchev–Trinajstić information content (AvgIpc) is 2.47. The number of alkyl halides is 2. The third-order valence-corrected chi connectivity index (χ3v) is 3.77. The molecule has 0 unspecified atom stereocenters. The van der Waals surface area contributed by atoms with Crippen LogP contribution < -0.4 is 10.6 Å². The summed E-state index contributed by atoms with van der Waals surface area (Å²) in [6.45, 7) is 2.49. The Labute approximate surface area is 133 Å². The molecule has 1 aromatic rings. The van der Waals surface area contributed by atoms with Gasteiger partial charge in [0.1, 0.15) is 0 Å². The monoisotopic (exact) mass is 316 g/mol. The third-order valence-electron chi connectivity index (χ3n) is 3.43. The Morgan fingerprint density at radius 2 is 1.45 bits per heavy atom. The Morgan fingerprint density at radius 3 is 2.00 bits per heavy atom. The molecule has 0 saturated heterocycles. The second kappa shape index (κ2) is 11.2. The largest absolute Gasteiger partial charge is 0.369 e.